The van der Waals surface area contributed by atoms with Gasteiger partial charge < -0.3 is 5.32 Å². The van der Waals surface area contributed by atoms with Crippen LogP contribution in [0.15, 0.2) is 41.6 Å². The van der Waals surface area contributed by atoms with Crippen LogP contribution in [0, 0.1) is 17.0 Å². The summed E-state index contributed by atoms with van der Waals surface area (Å²) in [4.78, 5) is 25.8. The highest BCUT2D eigenvalue weighted by Gasteiger charge is 2.08. The number of amides is 1. The standard InChI is InChI=1S/C14H12ClN3O3S/c1-9-6-10(2-4-12(9)15)17-13(19)8-22-14-5-3-11(7-16-14)18(20)21/h2-7H,8H2,1H3,(H,17,19). The Bertz CT molecular complexity index is 707. The van der Waals surface area contributed by atoms with Crippen LogP contribution in [0.5, 0.6) is 0 Å². The van der Waals surface area contributed by atoms with Crippen molar-refractivity contribution in [1.29, 1.82) is 0 Å². The van der Waals surface area contributed by atoms with Crippen LogP contribution in [0.1, 0.15) is 5.56 Å². The zero-order valence-electron chi connectivity index (χ0n) is 11.6. The Hall–Kier alpha value is -2.12. The number of halogens is 1. The summed E-state index contributed by atoms with van der Waals surface area (Å²) >= 11 is 7.12. The molecular formula is C14H12ClN3O3S. The van der Waals surface area contributed by atoms with Gasteiger partial charge in [-0.1, -0.05) is 23.4 Å². The number of anilines is 1. The molecule has 0 radical (unpaired) electrons. The molecule has 0 aliphatic heterocycles. The number of hydrogen-bond acceptors (Lipinski definition) is 5. The Kier molecular flexibility index (Phi) is 5.35. The molecule has 8 heteroatoms. The van der Waals surface area contributed by atoms with E-state index in [1.807, 2.05) is 6.92 Å². The van der Waals surface area contributed by atoms with Crippen molar-refractivity contribution in [3.8, 4) is 0 Å². The predicted octanol–water partition coefficient (Wildman–Crippen LogP) is 3.68. The fourth-order valence-electron chi connectivity index (χ4n) is 1.62. The van der Waals surface area contributed by atoms with Crippen molar-refractivity contribution in [3.63, 3.8) is 0 Å². The lowest BCUT2D eigenvalue weighted by atomic mass is 10.2. The molecule has 0 aliphatic rings. The first kappa shape index (κ1) is 16.3. The number of aryl methyl sites for hydroxylation is 1. The molecule has 114 valence electrons. The molecule has 22 heavy (non-hydrogen) atoms. The van der Waals surface area contributed by atoms with Gasteiger partial charge in [-0.25, -0.2) is 4.98 Å². The van der Waals surface area contributed by atoms with Gasteiger partial charge in [0.1, 0.15) is 6.20 Å². The third-order valence-electron chi connectivity index (χ3n) is 2.72. The number of carbonyl (C=O) groups is 1. The van der Waals surface area contributed by atoms with Gasteiger partial charge in [0.15, 0.2) is 0 Å². The predicted molar refractivity (Wildman–Crippen MR) is 86.4 cm³/mol. The molecule has 0 atom stereocenters. The fraction of sp³-hybridized carbons (Fsp3) is 0.143. The van der Waals surface area contributed by atoms with Gasteiger partial charge in [0.2, 0.25) is 5.91 Å². The van der Waals surface area contributed by atoms with E-state index < -0.39 is 4.92 Å². The summed E-state index contributed by atoms with van der Waals surface area (Å²) in [6, 6.07) is 8.10. The lowest BCUT2D eigenvalue weighted by molar-refractivity contribution is -0.385. The first-order valence-electron chi connectivity index (χ1n) is 6.25. The second-order valence-electron chi connectivity index (χ2n) is 4.41. The van der Waals surface area contributed by atoms with Gasteiger partial charge in [-0.05, 0) is 36.8 Å². The number of nitro groups is 1. The van der Waals surface area contributed by atoms with E-state index in [9.17, 15) is 14.9 Å². The van der Waals surface area contributed by atoms with E-state index in [0.29, 0.717) is 15.7 Å². The third kappa shape index (κ3) is 4.44. The van der Waals surface area contributed by atoms with Crippen molar-refractivity contribution in [3.05, 3.63) is 57.2 Å². The molecule has 0 bridgehead atoms. The van der Waals surface area contributed by atoms with Crippen LogP contribution in [-0.4, -0.2) is 21.6 Å². The second kappa shape index (κ2) is 7.24. The third-order valence-corrected chi connectivity index (χ3v) is 4.09. The maximum Gasteiger partial charge on any atom is 0.287 e. The van der Waals surface area contributed by atoms with Crippen LogP contribution in [-0.2, 0) is 4.79 Å². The minimum Gasteiger partial charge on any atom is -0.325 e. The monoisotopic (exact) mass is 337 g/mol. The average Bonchev–Trinajstić information content (AvgIpc) is 2.49. The molecule has 2 aromatic rings. The molecule has 1 aromatic heterocycles. The number of thioether (sulfide) groups is 1. The van der Waals surface area contributed by atoms with Crippen molar-refractivity contribution in [2.45, 2.75) is 11.9 Å². The second-order valence-corrected chi connectivity index (χ2v) is 5.82. The van der Waals surface area contributed by atoms with E-state index in [0.717, 1.165) is 5.56 Å². The SMILES string of the molecule is Cc1cc(NC(=O)CSc2ccc([N+](=O)[O-])cn2)ccc1Cl. The Morgan fingerprint density at radius 3 is 2.77 bits per heavy atom. The van der Waals surface area contributed by atoms with Gasteiger partial charge in [-0.3, -0.25) is 14.9 Å². The number of nitrogens with zero attached hydrogens (tertiary/aromatic N) is 2. The maximum atomic E-state index is 11.9. The summed E-state index contributed by atoms with van der Waals surface area (Å²) in [5.41, 5.74) is 1.47. The van der Waals surface area contributed by atoms with Gasteiger partial charge in [0, 0.05) is 16.8 Å². The van der Waals surface area contributed by atoms with E-state index in [2.05, 4.69) is 10.3 Å². The number of aromatic nitrogens is 1. The van der Waals surface area contributed by atoms with Crippen molar-refractivity contribution < 1.29 is 9.72 Å². The number of hydrogen-bond donors (Lipinski definition) is 1. The lowest BCUT2D eigenvalue weighted by Gasteiger charge is -2.06. The highest BCUT2D eigenvalue weighted by atomic mass is 35.5. The highest BCUT2D eigenvalue weighted by molar-refractivity contribution is 7.99. The summed E-state index contributed by atoms with van der Waals surface area (Å²) < 4.78 is 0. The molecule has 1 aromatic carbocycles. The molecule has 0 unspecified atom stereocenters. The number of rotatable bonds is 5. The quantitative estimate of drug-likeness (QED) is 0.511. The van der Waals surface area contributed by atoms with Crippen molar-refractivity contribution >= 4 is 40.6 Å². The van der Waals surface area contributed by atoms with Crippen molar-refractivity contribution in [1.82, 2.24) is 4.98 Å². The Labute approximate surface area is 136 Å². The zero-order chi connectivity index (χ0) is 16.1. The van der Waals surface area contributed by atoms with Gasteiger partial charge in [0.25, 0.3) is 5.69 Å². The Balaban J connectivity index is 1.89. The maximum absolute atomic E-state index is 11.9. The topological polar surface area (TPSA) is 85.1 Å². The van der Waals surface area contributed by atoms with Crippen LogP contribution >= 0.6 is 23.4 Å². The van der Waals surface area contributed by atoms with Crippen LogP contribution in [0.2, 0.25) is 5.02 Å². The van der Waals surface area contributed by atoms with Gasteiger partial charge >= 0.3 is 0 Å². The highest BCUT2D eigenvalue weighted by Crippen LogP contribution is 2.21. The fourth-order valence-corrected chi connectivity index (χ4v) is 2.39. The molecule has 6 nitrogen and oxygen atoms in total. The molecule has 1 N–H and O–H groups in total. The van der Waals surface area contributed by atoms with Gasteiger partial charge in [-0.15, -0.1) is 0 Å². The van der Waals surface area contributed by atoms with Crippen molar-refractivity contribution in [2.24, 2.45) is 0 Å². The number of carbonyl (C=O) groups excluding carboxylic acids is 1. The zero-order valence-corrected chi connectivity index (χ0v) is 13.1. The van der Waals surface area contributed by atoms with Gasteiger partial charge in [0.05, 0.1) is 15.7 Å². The summed E-state index contributed by atoms with van der Waals surface area (Å²) in [6.07, 6.45) is 1.17. The first-order chi connectivity index (χ1) is 10.5. The van der Waals surface area contributed by atoms with Crippen LogP contribution in [0.25, 0.3) is 0 Å². The Morgan fingerprint density at radius 1 is 1.41 bits per heavy atom. The molecular weight excluding hydrogens is 326 g/mol. The summed E-state index contributed by atoms with van der Waals surface area (Å²) in [5.74, 6) is -0.0289. The molecule has 0 aliphatic carbocycles. The van der Waals surface area contributed by atoms with Crippen LogP contribution in [0.4, 0.5) is 11.4 Å². The molecule has 0 fully saturated rings. The molecule has 0 spiro atoms. The van der Waals surface area contributed by atoms with E-state index in [-0.39, 0.29) is 17.3 Å². The first-order valence-corrected chi connectivity index (χ1v) is 7.61. The minimum atomic E-state index is -0.517. The summed E-state index contributed by atoms with van der Waals surface area (Å²) in [6.45, 7) is 1.85. The lowest BCUT2D eigenvalue weighted by Crippen LogP contribution is -2.14. The summed E-state index contributed by atoms with van der Waals surface area (Å²) in [5, 5.41) is 14.5. The number of pyridine rings is 1. The summed E-state index contributed by atoms with van der Waals surface area (Å²) in [7, 11) is 0. The molecule has 2 rings (SSSR count). The normalized spacial score (nSPS) is 10.3. The number of benzene rings is 1. The van der Waals surface area contributed by atoms with E-state index in [1.54, 1.807) is 18.2 Å². The average molecular weight is 338 g/mol. The van der Waals surface area contributed by atoms with E-state index in [1.165, 1.54) is 30.1 Å². The Morgan fingerprint density at radius 2 is 2.18 bits per heavy atom. The van der Waals surface area contributed by atoms with E-state index in [4.69, 9.17) is 11.6 Å². The molecule has 1 amide bonds. The minimum absolute atomic E-state index is 0.0783. The number of nitrogens with one attached hydrogen (secondary N) is 1. The smallest absolute Gasteiger partial charge is 0.287 e. The van der Waals surface area contributed by atoms with Crippen molar-refractivity contribution in [2.75, 3.05) is 11.1 Å². The molecule has 1 heterocycles. The van der Waals surface area contributed by atoms with Crippen LogP contribution in [0.3, 0.4) is 0 Å². The molecule has 0 saturated heterocycles. The molecule has 0 saturated carbocycles. The van der Waals surface area contributed by atoms with E-state index >= 15 is 0 Å². The largest absolute Gasteiger partial charge is 0.325 e. The van der Waals surface area contributed by atoms with Gasteiger partial charge in [-0.2, -0.15) is 0 Å². The van der Waals surface area contributed by atoms with Crippen LogP contribution < -0.4 is 5.32 Å².